The summed E-state index contributed by atoms with van der Waals surface area (Å²) in [7, 11) is 0. The normalized spacial score (nSPS) is 12.4. The fourth-order valence-corrected chi connectivity index (χ4v) is 5.17. The van der Waals surface area contributed by atoms with Crippen molar-refractivity contribution in [3.63, 3.8) is 0 Å². The van der Waals surface area contributed by atoms with Crippen LogP contribution >= 0.6 is 11.8 Å². The molecule has 1 unspecified atom stereocenters. The first-order chi connectivity index (χ1) is 17.1. The number of benzene rings is 3. The van der Waals surface area contributed by atoms with Gasteiger partial charge in [0.2, 0.25) is 11.7 Å². The summed E-state index contributed by atoms with van der Waals surface area (Å²) in [6.45, 7) is 4.57. The van der Waals surface area contributed by atoms with Gasteiger partial charge in [0.15, 0.2) is 5.16 Å². The highest BCUT2D eigenvalue weighted by atomic mass is 32.2. The summed E-state index contributed by atoms with van der Waals surface area (Å²) in [4.78, 5) is 26.3. The van der Waals surface area contributed by atoms with Crippen LogP contribution in [0, 0.1) is 0 Å². The van der Waals surface area contributed by atoms with Gasteiger partial charge in [-0.15, -0.1) is 10.2 Å². The molecule has 35 heavy (non-hydrogen) atoms. The summed E-state index contributed by atoms with van der Waals surface area (Å²) in [5.41, 5.74) is 1.46. The molecular formula is C27H27N5O2S. The minimum atomic E-state index is -0.430. The predicted molar refractivity (Wildman–Crippen MR) is 142 cm³/mol. The number of anilines is 1. The van der Waals surface area contributed by atoms with E-state index in [0.717, 1.165) is 41.2 Å². The summed E-state index contributed by atoms with van der Waals surface area (Å²) >= 11 is 1.33. The van der Waals surface area contributed by atoms with E-state index in [1.807, 2.05) is 78.1 Å². The first-order valence-electron chi connectivity index (χ1n) is 11.9. The Bertz CT molecular complexity index is 1580. The number of rotatable bonds is 8. The van der Waals surface area contributed by atoms with Crippen LogP contribution in [0.4, 0.5) is 5.69 Å². The number of carbonyl (C=O) groups is 1. The minimum absolute atomic E-state index is 0.0603. The number of para-hydroxylation sites is 1. The molecule has 0 radical (unpaired) electrons. The third-order valence-electron chi connectivity index (χ3n) is 6.16. The number of fused-ring (bicyclic) bond motifs is 4. The van der Waals surface area contributed by atoms with Crippen LogP contribution in [0.15, 0.2) is 76.7 Å². The molecule has 8 heteroatoms. The third-order valence-corrected chi connectivity index (χ3v) is 7.21. The van der Waals surface area contributed by atoms with E-state index in [1.54, 1.807) is 4.57 Å². The lowest BCUT2D eigenvalue weighted by atomic mass is 10.1. The number of carbonyl (C=O) groups excluding carboxylic acids is 1. The highest BCUT2D eigenvalue weighted by Gasteiger charge is 2.22. The topological polar surface area (TPSA) is 81.3 Å². The maximum absolute atomic E-state index is 13.2. The van der Waals surface area contributed by atoms with Crippen molar-refractivity contribution >= 4 is 50.8 Å². The second-order valence-corrected chi connectivity index (χ2v) is 9.88. The van der Waals surface area contributed by atoms with Crippen LogP contribution in [0.3, 0.4) is 0 Å². The van der Waals surface area contributed by atoms with Gasteiger partial charge in [0, 0.05) is 17.6 Å². The maximum Gasteiger partial charge on any atom is 0.262 e. The van der Waals surface area contributed by atoms with Crippen LogP contribution < -0.4 is 10.9 Å². The fraction of sp³-hybridized carbons (Fsp3) is 0.259. The van der Waals surface area contributed by atoms with Gasteiger partial charge in [0.05, 0.1) is 16.2 Å². The van der Waals surface area contributed by atoms with E-state index in [-0.39, 0.29) is 11.5 Å². The van der Waals surface area contributed by atoms with Crippen LogP contribution in [-0.4, -0.2) is 30.3 Å². The lowest BCUT2D eigenvalue weighted by Crippen LogP contribution is -2.24. The Kier molecular flexibility index (Phi) is 6.55. The van der Waals surface area contributed by atoms with E-state index >= 15 is 0 Å². The van der Waals surface area contributed by atoms with E-state index in [9.17, 15) is 9.59 Å². The summed E-state index contributed by atoms with van der Waals surface area (Å²) in [6, 6.07) is 21.3. The van der Waals surface area contributed by atoms with Crippen LogP contribution in [0.2, 0.25) is 0 Å². The molecule has 0 saturated heterocycles. The van der Waals surface area contributed by atoms with E-state index in [4.69, 9.17) is 0 Å². The number of nitrogens with one attached hydrogen (secondary N) is 1. The Morgan fingerprint density at radius 3 is 2.54 bits per heavy atom. The first-order valence-corrected chi connectivity index (χ1v) is 12.8. The average Bonchev–Trinajstić information content (AvgIpc) is 3.29. The zero-order valence-corrected chi connectivity index (χ0v) is 20.6. The Morgan fingerprint density at radius 1 is 0.971 bits per heavy atom. The molecule has 2 aromatic heterocycles. The molecule has 0 spiro atoms. The molecule has 1 N–H and O–H groups in total. The summed E-state index contributed by atoms with van der Waals surface area (Å²) in [5, 5.41) is 14.7. The predicted octanol–water partition coefficient (Wildman–Crippen LogP) is 5.51. The van der Waals surface area contributed by atoms with Crippen LogP contribution in [0.25, 0.3) is 27.5 Å². The molecule has 5 aromatic rings. The number of nitrogens with zero attached hydrogens (tertiary/aromatic N) is 4. The van der Waals surface area contributed by atoms with Gasteiger partial charge < -0.3 is 5.32 Å². The Hall–Kier alpha value is -3.65. The van der Waals surface area contributed by atoms with Gasteiger partial charge in [-0.2, -0.15) is 0 Å². The average molecular weight is 486 g/mol. The monoisotopic (exact) mass is 485 g/mol. The molecule has 0 saturated carbocycles. The van der Waals surface area contributed by atoms with E-state index < -0.39 is 5.25 Å². The van der Waals surface area contributed by atoms with Crippen LogP contribution in [0.5, 0.6) is 0 Å². The number of hydrogen-bond donors (Lipinski definition) is 1. The van der Waals surface area contributed by atoms with Gasteiger partial charge in [-0.1, -0.05) is 80.1 Å². The lowest BCUT2D eigenvalue weighted by molar-refractivity contribution is -0.115. The highest BCUT2D eigenvalue weighted by Crippen LogP contribution is 2.28. The number of aromatic nitrogens is 4. The van der Waals surface area contributed by atoms with Gasteiger partial charge in [-0.3, -0.25) is 18.6 Å². The zero-order chi connectivity index (χ0) is 24.4. The molecule has 5 rings (SSSR count). The number of aryl methyl sites for hydroxylation is 1. The molecule has 178 valence electrons. The fourth-order valence-electron chi connectivity index (χ4n) is 4.31. The molecule has 1 atom stereocenters. The van der Waals surface area contributed by atoms with Gasteiger partial charge in [-0.25, -0.2) is 0 Å². The third kappa shape index (κ3) is 4.41. The molecule has 0 aliphatic rings. The Balaban J connectivity index is 1.48. The summed E-state index contributed by atoms with van der Waals surface area (Å²) in [5.74, 6) is 0.387. The van der Waals surface area contributed by atoms with Crippen molar-refractivity contribution in [3.05, 3.63) is 77.1 Å². The van der Waals surface area contributed by atoms with E-state index in [0.29, 0.717) is 22.9 Å². The SMILES string of the molecule is CCCCCn1c(=O)c2ccccc2n2c(SC(C)C(=O)Nc3cccc4ccccc34)nnc12. The van der Waals surface area contributed by atoms with Gasteiger partial charge >= 0.3 is 0 Å². The van der Waals surface area contributed by atoms with E-state index in [2.05, 4.69) is 22.4 Å². The maximum atomic E-state index is 13.2. The second-order valence-electron chi connectivity index (χ2n) is 8.58. The quantitative estimate of drug-likeness (QED) is 0.232. The van der Waals surface area contributed by atoms with Crippen molar-refractivity contribution in [2.75, 3.05) is 5.32 Å². The van der Waals surface area contributed by atoms with Gasteiger partial charge in [-0.05, 0) is 36.9 Å². The van der Waals surface area contributed by atoms with Crippen molar-refractivity contribution in [1.82, 2.24) is 19.2 Å². The molecule has 0 aliphatic heterocycles. The minimum Gasteiger partial charge on any atom is -0.325 e. The highest BCUT2D eigenvalue weighted by molar-refractivity contribution is 8.00. The second kappa shape index (κ2) is 9.92. The zero-order valence-electron chi connectivity index (χ0n) is 19.8. The van der Waals surface area contributed by atoms with Crippen molar-refractivity contribution in [2.45, 2.75) is 50.1 Å². The summed E-state index contributed by atoms with van der Waals surface area (Å²) < 4.78 is 3.60. The summed E-state index contributed by atoms with van der Waals surface area (Å²) in [6.07, 6.45) is 2.99. The molecule has 1 amide bonds. The van der Waals surface area contributed by atoms with Crippen molar-refractivity contribution in [3.8, 4) is 0 Å². The molecule has 0 fully saturated rings. The molecule has 2 heterocycles. The smallest absolute Gasteiger partial charge is 0.262 e. The Morgan fingerprint density at radius 2 is 1.71 bits per heavy atom. The number of unbranched alkanes of at least 4 members (excludes halogenated alkanes) is 2. The number of amides is 1. The standard InChI is InChI=1S/C27H27N5O2S/c1-3-4-9-17-31-25(34)21-14-7-8-16-23(21)32-26(31)29-30-27(32)35-18(2)24(33)28-22-15-10-12-19-11-5-6-13-20(19)22/h5-8,10-16,18H,3-4,9,17H2,1-2H3,(H,28,33). The first kappa shape index (κ1) is 23.1. The lowest BCUT2D eigenvalue weighted by Gasteiger charge is -2.14. The Labute approximate surface area is 207 Å². The van der Waals surface area contributed by atoms with Crippen molar-refractivity contribution in [2.24, 2.45) is 0 Å². The molecule has 0 bridgehead atoms. The molecular weight excluding hydrogens is 458 g/mol. The van der Waals surface area contributed by atoms with Crippen LogP contribution in [0.1, 0.15) is 33.1 Å². The molecule has 0 aliphatic carbocycles. The molecule has 3 aromatic carbocycles. The number of hydrogen-bond acceptors (Lipinski definition) is 5. The van der Waals surface area contributed by atoms with E-state index in [1.165, 1.54) is 11.8 Å². The van der Waals surface area contributed by atoms with Crippen molar-refractivity contribution in [1.29, 1.82) is 0 Å². The molecule has 7 nitrogen and oxygen atoms in total. The number of thioether (sulfide) groups is 1. The van der Waals surface area contributed by atoms with Gasteiger partial charge in [0.1, 0.15) is 0 Å². The van der Waals surface area contributed by atoms with Gasteiger partial charge in [0.25, 0.3) is 5.56 Å². The van der Waals surface area contributed by atoms with Crippen LogP contribution in [-0.2, 0) is 11.3 Å². The largest absolute Gasteiger partial charge is 0.325 e. The van der Waals surface area contributed by atoms with Crippen molar-refractivity contribution < 1.29 is 4.79 Å².